The first-order valence-corrected chi connectivity index (χ1v) is 8.55. The van der Waals surface area contributed by atoms with Gasteiger partial charge in [-0.2, -0.15) is 0 Å². The molecular weight excluding hydrogens is 316 g/mol. The van der Waals surface area contributed by atoms with Crippen LogP contribution in [0.1, 0.15) is 62.4 Å². The Hall–Kier alpha value is -1.95. The fourth-order valence-electron chi connectivity index (χ4n) is 2.83. The summed E-state index contributed by atoms with van der Waals surface area (Å²) in [5, 5.41) is 32.9. The lowest BCUT2D eigenvalue weighted by molar-refractivity contribution is 0.164. The van der Waals surface area contributed by atoms with Crippen molar-refractivity contribution in [1.29, 1.82) is 0 Å². The summed E-state index contributed by atoms with van der Waals surface area (Å²) >= 11 is 0. The summed E-state index contributed by atoms with van der Waals surface area (Å²) in [7, 11) is 0. The molecule has 2 aromatic rings. The Bertz CT molecular complexity index is 708. The highest BCUT2D eigenvalue weighted by molar-refractivity contribution is 5.33. The standard InChI is InChI=1S/C20H28N2O3/c1-13(23)19-17(24)10-9-16(22-19)18(25)12-21-11-14-7-5-6-8-15(14)20(2,3)4/h5-10,13,18,21,23-25H,11-12H2,1-4H3. The Balaban J connectivity index is 2.02. The van der Waals surface area contributed by atoms with E-state index in [1.54, 1.807) is 6.07 Å². The van der Waals surface area contributed by atoms with Crippen LogP contribution in [-0.4, -0.2) is 26.8 Å². The van der Waals surface area contributed by atoms with Gasteiger partial charge in [0.2, 0.25) is 0 Å². The molecule has 5 heteroatoms. The molecule has 0 saturated heterocycles. The van der Waals surface area contributed by atoms with E-state index in [0.717, 1.165) is 0 Å². The Kier molecular flexibility index (Phi) is 6.16. The van der Waals surface area contributed by atoms with E-state index in [1.165, 1.54) is 24.1 Å². The van der Waals surface area contributed by atoms with E-state index in [2.05, 4.69) is 43.2 Å². The predicted octanol–water partition coefficient (Wildman–Crippen LogP) is 2.96. The largest absolute Gasteiger partial charge is 0.506 e. The number of aromatic hydroxyl groups is 1. The van der Waals surface area contributed by atoms with Crippen molar-refractivity contribution >= 4 is 0 Å². The molecule has 2 rings (SSSR count). The van der Waals surface area contributed by atoms with Crippen LogP contribution in [0, 0.1) is 0 Å². The molecule has 0 radical (unpaired) electrons. The first-order chi connectivity index (χ1) is 11.7. The fourth-order valence-corrected chi connectivity index (χ4v) is 2.83. The highest BCUT2D eigenvalue weighted by Gasteiger charge is 2.18. The van der Waals surface area contributed by atoms with Crippen molar-refractivity contribution in [3.8, 4) is 5.75 Å². The number of benzene rings is 1. The minimum atomic E-state index is -0.890. The summed E-state index contributed by atoms with van der Waals surface area (Å²) < 4.78 is 0. The average molecular weight is 344 g/mol. The summed E-state index contributed by atoms with van der Waals surface area (Å²) in [6.45, 7) is 9.04. The molecule has 0 bridgehead atoms. The fraction of sp³-hybridized carbons (Fsp3) is 0.450. The van der Waals surface area contributed by atoms with Crippen LogP contribution in [0.5, 0.6) is 5.75 Å². The molecule has 0 saturated carbocycles. The summed E-state index contributed by atoms with van der Waals surface area (Å²) in [6.07, 6.45) is -1.71. The van der Waals surface area contributed by atoms with Gasteiger partial charge in [-0.25, -0.2) is 4.98 Å². The Morgan fingerprint density at radius 2 is 1.76 bits per heavy atom. The lowest BCUT2D eigenvalue weighted by Gasteiger charge is -2.23. The molecule has 0 aliphatic heterocycles. The van der Waals surface area contributed by atoms with Gasteiger partial charge in [-0.3, -0.25) is 0 Å². The van der Waals surface area contributed by atoms with E-state index in [1.807, 2.05) is 12.1 Å². The van der Waals surface area contributed by atoms with Crippen molar-refractivity contribution < 1.29 is 15.3 Å². The minimum Gasteiger partial charge on any atom is -0.506 e. The van der Waals surface area contributed by atoms with Gasteiger partial charge in [0.1, 0.15) is 17.5 Å². The molecule has 0 aliphatic carbocycles. The molecule has 0 amide bonds. The zero-order valence-electron chi connectivity index (χ0n) is 15.3. The van der Waals surface area contributed by atoms with Crippen LogP contribution in [0.3, 0.4) is 0 Å². The molecule has 25 heavy (non-hydrogen) atoms. The molecule has 136 valence electrons. The van der Waals surface area contributed by atoms with Gasteiger partial charge < -0.3 is 20.6 Å². The molecule has 0 aliphatic rings. The number of nitrogens with zero attached hydrogens (tertiary/aromatic N) is 1. The van der Waals surface area contributed by atoms with Gasteiger partial charge in [-0.15, -0.1) is 0 Å². The topological polar surface area (TPSA) is 85.6 Å². The summed E-state index contributed by atoms with van der Waals surface area (Å²) in [5.41, 5.74) is 3.13. The summed E-state index contributed by atoms with van der Waals surface area (Å²) in [4.78, 5) is 4.16. The molecule has 5 nitrogen and oxygen atoms in total. The van der Waals surface area contributed by atoms with Gasteiger partial charge in [0.15, 0.2) is 0 Å². The maximum atomic E-state index is 10.3. The second kappa shape index (κ2) is 7.95. The molecule has 2 atom stereocenters. The zero-order chi connectivity index (χ0) is 18.6. The number of pyridine rings is 1. The van der Waals surface area contributed by atoms with Crippen molar-refractivity contribution in [1.82, 2.24) is 10.3 Å². The number of rotatable bonds is 6. The molecule has 0 fully saturated rings. The first-order valence-electron chi connectivity index (χ1n) is 8.55. The molecule has 4 N–H and O–H groups in total. The highest BCUT2D eigenvalue weighted by Crippen LogP contribution is 2.26. The van der Waals surface area contributed by atoms with E-state index in [0.29, 0.717) is 18.8 Å². The van der Waals surface area contributed by atoms with Crippen LogP contribution in [0.25, 0.3) is 0 Å². The van der Waals surface area contributed by atoms with Gasteiger partial charge in [-0.05, 0) is 35.6 Å². The van der Waals surface area contributed by atoms with Crippen molar-refractivity contribution in [2.24, 2.45) is 0 Å². The molecular formula is C20H28N2O3. The first kappa shape index (κ1) is 19.4. The van der Waals surface area contributed by atoms with Gasteiger partial charge in [0.25, 0.3) is 0 Å². The third-order valence-electron chi connectivity index (χ3n) is 4.14. The quantitative estimate of drug-likeness (QED) is 0.647. The molecule has 0 spiro atoms. The molecule has 2 unspecified atom stereocenters. The van der Waals surface area contributed by atoms with E-state index in [4.69, 9.17) is 0 Å². The normalized spacial score (nSPS) is 14.3. The van der Waals surface area contributed by atoms with Crippen LogP contribution >= 0.6 is 0 Å². The molecule has 1 heterocycles. The van der Waals surface area contributed by atoms with Crippen LogP contribution in [0.15, 0.2) is 36.4 Å². The monoisotopic (exact) mass is 344 g/mol. The lowest BCUT2D eigenvalue weighted by Crippen LogP contribution is -2.24. The molecule has 1 aromatic heterocycles. The maximum Gasteiger partial charge on any atom is 0.139 e. The van der Waals surface area contributed by atoms with Gasteiger partial charge in [0, 0.05) is 13.1 Å². The Morgan fingerprint density at radius 1 is 1.08 bits per heavy atom. The van der Waals surface area contributed by atoms with E-state index >= 15 is 0 Å². The number of hydrogen-bond acceptors (Lipinski definition) is 5. The third kappa shape index (κ3) is 5.01. The minimum absolute atomic E-state index is 0.0571. The van der Waals surface area contributed by atoms with Crippen molar-refractivity contribution in [2.45, 2.75) is 51.9 Å². The summed E-state index contributed by atoms with van der Waals surface area (Å²) in [6, 6.07) is 11.3. The average Bonchev–Trinajstić information content (AvgIpc) is 2.54. The van der Waals surface area contributed by atoms with Crippen LogP contribution < -0.4 is 5.32 Å². The second-order valence-electron chi connectivity index (χ2n) is 7.37. The SMILES string of the molecule is CC(O)c1nc(C(O)CNCc2ccccc2C(C)(C)C)ccc1O. The zero-order valence-corrected chi connectivity index (χ0v) is 15.3. The summed E-state index contributed by atoms with van der Waals surface area (Å²) in [5.74, 6) is -0.0713. The van der Waals surface area contributed by atoms with E-state index in [-0.39, 0.29) is 16.9 Å². The van der Waals surface area contributed by atoms with Crippen LogP contribution in [0.2, 0.25) is 0 Å². The van der Waals surface area contributed by atoms with Crippen LogP contribution in [-0.2, 0) is 12.0 Å². The van der Waals surface area contributed by atoms with Crippen molar-refractivity contribution in [3.05, 3.63) is 58.9 Å². The van der Waals surface area contributed by atoms with Gasteiger partial charge in [-0.1, -0.05) is 45.0 Å². The number of nitrogens with one attached hydrogen (secondary N) is 1. The second-order valence-corrected chi connectivity index (χ2v) is 7.37. The van der Waals surface area contributed by atoms with Crippen molar-refractivity contribution in [3.63, 3.8) is 0 Å². The number of aromatic nitrogens is 1. The number of aliphatic hydroxyl groups is 2. The van der Waals surface area contributed by atoms with Gasteiger partial charge >= 0.3 is 0 Å². The van der Waals surface area contributed by atoms with E-state index in [9.17, 15) is 15.3 Å². The van der Waals surface area contributed by atoms with Crippen molar-refractivity contribution in [2.75, 3.05) is 6.54 Å². The Morgan fingerprint density at radius 3 is 2.40 bits per heavy atom. The van der Waals surface area contributed by atoms with E-state index < -0.39 is 12.2 Å². The number of aliphatic hydroxyl groups excluding tert-OH is 2. The number of hydrogen-bond donors (Lipinski definition) is 4. The lowest BCUT2D eigenvalue weighted by atomic mass is 9.84. The smallest absolute Gasteiger partial charge is 0.139 e. The van der Waals surface area contributed by atoms with Crippen LogP contribution in [0.4, 0.5) is 0 Å². The Labute approximate surface area is 149 Å². The molecule has 1 aromatic carbocycles. The third-order valence-corrected chi connectivity index (χ3v) is 4.14. The maximum absolute atomic E-state index is 10.3. The predicted molar refractivity (Wildman–Crippen MR) is 98.3 cm³/mol. The van der Waals surface area contributed by atoms with Gasteiger partial charge in [0.05, 0.1) is 11.8 Å². The highest BCUT2D eigenvalue weighted by atomic mass is 16.3.